The number of hydrogen-bond acceptors (Lipinski definition) is 6. The number of anilines is 3. The first kappa shape index (κ1) is 21.5. The van der Waals surface area contributed by atoms with Gasteiger partial charge in [0.05, 0.1) is 12.3 Å². The van der Waals surface area contributed by atoms with Crippen molar-refractivity contribution in [3.05, 3.63) is 71.7 Å². The molecule has 0 saturated heterocycles. The third kappa shape index (κ3) is 5.45. The molecule has 0 radical (unpaired) electrons. The van der Waals surface area contributed by atoms with E-state index in [-0.39, 0.29) is 18.9 Å². The first-order chi connectivity index (χ1) is 14.6. The average molecular weight is 424 g/mol. The standard InChI is InChI=1S/C23H25N3O3S/c1-3-26(19-13-9-6-10-14-19)21(27)20(22(28)29-4-2)15-18-16-30-23(25-18)24-17-11-7-5-8-12-17/h5-14,16,20H,3-4,15H2,1-2H3,(H,24,25). The lowest BCUT2D eigenvalue weighted by Gasteiger charge is -2.25. The van der Waals surface area contributed by atoms with Crippen molar-refractivity contribution < 1.29 is 14.3 Å². The van der Waals surface area contributed by atoms with Gasteiger partial charge in [-0.25, -0.2) is 4.98 Å². The number of carbonyl (C=O) groups is 2. The first-order valence-corrected chi connectivity index (χ1v) is 10.8. The van der Waals surface area contributed by atoms with Crippen molar-refractivity contribution in [3.8, 4) is 0 Å². The number of ether oxygens (including phenoxy) is 1. The van der Waals surface area contributed by atoms with E-state index in [1.54, 1.807) is 11.8 Å². The Labute approximate surface area is 180 Å². The SMILES string of the molecule is CCOC(=O)C(Cc1csc(Nc2ccccc2)n1)C(=O)N(CC)c1ccccc1. The molecule has 0 aliphatic heterocycles. The molecule has 0 aliphatic carbocycles. The number of carbonyl (C=O) groups excluding carboxylic acids is 2. The third-order valence-electron chi connectivity index (χ3n) is 4.51. The van der Waals surface area contributed by atoms with Gasteiger partial charge in [0, 0.05) is 29.7 Å². The van der Waals surface area contributed by atoms with Crippen LogP contribution in [-0.4, -0.2) is 30.0 Å². The molecule has 1 aromatic heterocycles. The Balaban J connectivity index is 1.79. The highest BCUT2D eigenvalue weighted by molar-refractivity contribution is 7.13. The largest absolute Gasteiger partial charge is 0.465 e. The number of para-hydroxylation sites is 2. The number of benzene rings is 2. The van der Waals surface area contributed by atoms with Gasteiger partial charge in [-0.05, 0) is 38.1 Å². The smallest absolute Gasteiger partial charge is 0.318 e. The topological polar surface area (TPSA) is 71.5 Å². The summed E-state index contributed by atoms with van der Waals surface area (Å²) >= 11 is 1.43. The Bertz CT molecular complexity index is 960. The fourth-order valence-corrected chi connectivity index (χ4v) is 3.83. The summed E-state index contributed by atoms with van der Waals surface area (Å²) in [6.07, 6.45) is 0.188. The molecule has 1 atom stereocenters. The van der Waals surface area contributed by atoms with Crippen LogP contribution in [0.4, 0.5) is 16.5 Å². The molecule has 0 spiro atoms. The second-order valence-electron chi connectivity index (χ2n) is 6.56. The lowest BCUT2D eigenvalue weighted by molar-refractivity contribution is -0.151. The quantitative estimate of drug-likeness (QED) is 0.400. The van der Waals surface area contributed by atoms with Crippen LogP contribution in [-0.2, 0) is 20.7 Å². The Kier molecular flexibility index (Phi) is 7.57. The Hall–Kier alpha value is -3.19. The molecule has 30 heavy (non-hydrogen) atoms. The minimum absolute atomic E-state index is 0.188. The van der Waals surface area contributed by atoms with Crippen molar-refractivity contribution in [2.75, 3.05) is 23.4 Å². The Morgan fingerprint density at radius 3 is 2.37 bits per heavy atom. The maximum atomic E-state index is 13.3. The molecule has 1 heterocycles. The molecule has 0 saturated carbocycles. The minimum atomic E-state index is -0.947. The first-order valence-electron chi connectivity index (χ1n) is 9.91. The van der Waals surface area contributed by atoms with Gasteiger partial charge < -0.3 is 15.0 Å². The normalized spacial score (nSPS) is 11.5. The number of aromatic nitrogens is 1. The lowest BCUT2D eigenvalue weighted by atomic mass is 10.0. The molecule has 0 fully saturated rings. The van der Waals surface area contributed by atoms with E-state index >= 15 is 0 Å². The number of rotatable bonds is 9. The second kappa shape index (κ2) is 10.5. The minimum Gasteiger partial charge on any atom is -0.465 e. The van der Waals surface area contributed by atoms with E-state index < -0.39 is 11.9 Å². The molecule has 1 unspecified atom stereocenters. The summed E-state index contributed by atoms with van der Waals surface area (Å²) in [5, 5.41) is 5.81. The Morgan fingerprint density at radius 2 is 1.73 bits per heavy atom. The van der Waals surface area contributed by atoms with Crippen molar-refractivity contribution in [3.63, 3.8) is 0 Å². The molecule has 0 bridgehead atoms. The van der Waals surface area contributed by atoms with E-state index in [1.807, 2.05) is 73.0 Å². The zero-order valence-corrected chi connectivity index (χ0v) is 17.9. The van der Waals surface area contributed by atoms with Crippen LogP contribution in [0, 0.1) is 5.92 Å². The summed E-state index contributed by atoms with van der Waals surface area (Å²) in [6, 6.07) is 19.1. The van der Waals surface area contributed by atoms with Crippen LogP contribution in [0.1, 0.15) is 19.5 Å². The zero-order valence-electron chi connectivity index (χ0n) is 17.1. The summed E-state index contributed by atoms with van der Waals surface area (Å²) in [5.74, 6) is -1.76. The van der Waals surface area contributed by atoms with Gasteiger partial charge in [-0.15, -0.1) is 11.3 Å². The number of hydrogen-bond donors (Lipinski definition) is 1. The summed E-state index contributed by atoms with van der Waals surface area (Å²) < 4.78 is 5.20. The van der Waals surface area contributed by atoms with Crippen LogP contribution in [0.15, 0.2) is 66.0 Å². The third-order valence-corrected chi connectivity index (χ3v) is 5.32. The van der Waals surface area contributed by atoms with Crippen molar-refractivity contribution in [2.24, 2.45) is 5.92 Å². The molecule has 6 nitrogen and oxygen atoms in total. The van der Waals surface area contributed by atoms with Gasteiger partial charge in [-0.2, -0.15) is 0 Å². The number of esters is 1. The van der Waals surface area contributed by atoms with E-state index in [2.05, 4.69) is 10.3 Å². The number of amides is 1. The van der Waals surface area contributed by atoms with E-state index in [1.165, 1.54) is 11.3 Å². The van der Waals surface area contributed by atoms with Crippen molar-refractivity contribution in [1.29, 1.82) is 0 Å². The van der Waals surface area contributed by atoms with E-state index in [4.69, 9.17) is 4.74 Å². The molecular formula is C23H25N3O3S. The average Bonchev–Trinajstić information content (AvgIpc) is 3.21. The molecule has 0 aliphatic rings. The van der Waals surface area contributed by atoms with E-state index in [0.717, 1.165) is 11.4 Å². The number of thiazole rings is 1. The monoisotopic (exact) mass is 423 g/mol. The van der Waals surface area contributed by atoms with Gasteiger partial charge in [0.25, 0.3) is 0 Å². The van der Waals surface area contributed by atoms with Crippen molar-refractivity contribution in [1.82, 2.24) is 4.98 Å². The summed E-state index contributed by atoms with van der Waals surface area (Å²) in [5.41, 5.74) is 2.36. The van der Waals surface area contributed by atoms with Crippen molar-refractivity contribution >= 4 is 39.7 Å². The predicted octanol–water partition coefficient (Wildman–Crippen LogP) is 4.66. The second-order valence-corrected chi connectivity index (χ2v) is 7.42. The number of nitrogens with one attached hydrogen (secondary N) is 1. The van der Waals surface area contributed by atoms with Gasteiger partial charge in [0.1, 0.15) is 5.92 Å². The number of nitrogens with zero attached hydrogens (tertiary/aromatic N) is 2. The summed E-state index contributed by atoms with van der Waals surface area (Å²) in [6.45, 7) is 4.30. The maximum absolute atomic E-state index is 13.3. The molecular weight excluding hydrogens is 398 g/mol. The van der Waals surface area contributed by atoms with Crippen molar-refractivity contribution in [2.45, 2.75) is 20.3 Å². The van der Waals surface area contributed by atoms with Crippen LogP contribution < -0.4 is 10.2 Å². The highest BCUT2D eigenvalue weighted by atomic mass is 32.1. The summed E-state index contributed by atoms with van der Waals surface area (Å²) in [7, 11) is 0. The molecule has 7 heteroatoms. The highest BCUT2D eigenvalue weighted by Gasteiger charge is 2.33. The molecule has 3 rings (SSSR count). The van der Waals surface area contributed by atoms with Gasteiger partial charge >= 0.3 is 5.97 Å². The van der Waals surface area contributed by atoms with Gasteiger partial charge in [0.15, 0.2) is 5.13 Å². The van der Waals surface area contributed by atoms with Gasteiger partial charge in [0.2, 0.25) is 5.91 Å². The van der Waals surface area contributed by atoms with Crippen LogP contribution >= 0.6 is 11.3 Å². The maximum Gasteiger partial charge on any atom is 0.318 e. The van der Waals surface area contributed by atoms with E-state index in [9.17, 15) is 9.59 Å². The fraction of sp³-hybridized carbons (Fsp3) is 0.261. The molecule has 156 valence electrons. The van der Waals surface area contributed by atoms with Gasteiger partial charge in [-0.1, -0.05) is 36.4 Å². The molecule has 1 N–H and O–H groups in total. The fourth-order valence-electron chi connectivity index (χ4n) is 3.09. The predicted molar refractivity (Wildman–Crippen MR) is 120 cm³/mol. The molecule has 3 aromatic rings. The van der Waals surface area contributed by atoms with Crippen LogP contribution in [0.5, 0.6) is 0 Å². The summed E-state index contributed by atoms with van der Waals surface area (Å²) in [4.78, 5) is 32.1. The van der Waals surface area contributed by atoms with Crippen LogP contribution in [0.2, 0.25) is 0 Å². The Morgan fingerprint density at radius 1 is 1.07 bits per heavy atom. The van der Waals surface area contributed by atoms with Crippen LogP contribution in [0.3, 0.4) is 0 Å². The van der Waals surface area contributed by atoms with Gasteiger partial charge in [-0.3, -0.25) is 9.59 Å². The van der Waals surface area contributed by atoms with E-state index in [0.29, 0.717) is 17.4 Å². The lowest BCUT2D eigenvalue weighted by Crippen LogP contribution is -2.41. The zero-order chi connectivity index (χ0) is 21.3. The molecule has 1 amide bonds. The van der Waals surface area contributed by atoms with Crippen LogP contribution in [0.25, 0.3) is 0 Å². The molecule has 2 aromatic carbocycles. The highest BCUT2D eigenvalue weighted by Crippen LogP contribution is 2.24.